The molecule has 0 spiro atoms. The predicted molar refractivity (Wildman–Crippen MR) is 131 cm³/mol. The number of aliphatic hydroxyl groups excluding tert-OH is 1. The SMILES string of the molecule is CO[C@H]1/C=C/CCCCC(=O)O[C@@H](/C(C)=C/[C@H](C)C(=O)C[C@H](O)CC2CC(=O)NC(=O)C2)[C@@H](C)C1. The zero-order valence-corrected chi connectivity index (χ0v) is 21.5. The number of piperidine rings is 1. The van der Waals surface area contributed by atoms with Gasteiger partial charge >= 0.3 is 5.97 Å². The first-order chi connectivity index (χ1) is 16.6. The number of cyclic esters (lactones) is 1. The molecule has 0 radical (unpaired) electrons. The number of rotatable bonds is 8. The van der Waals surface area contributed by atoms with Crippen molar-refractivity contribution in [2.24, 2.45) is 17.8 Å². The molecule has 35 heavy (non-hydrogen) atoms. The molecule has 2 heterocycles. The molecule has 2 aliphatic rings. The number of aliphatic hydroxyl groups is 1. The highest BCUT2D eigenvalue weighted by Crippen LogP contribution is 2.26. The molecule has 196 valence electrons. The van der Waals surface area contributed by atoms with Crippen molar-refractivity contribution >= 4 is 23.6 Å². The van der Waals surface area contributed by atoms with Crippen LogP contribution < -0.4 is 5.32 Å². The van der Waals surface area contributed by atoms with Crippen LogP contribution in [0.3, 0.4) is 0 Å². The zero-order chi connectivity index (χ0) is 26.0. The van der Waals surface area contributed by atoms with Gasteiger partial charge in [0.15, 0.2) is 0 Å². The van der Waals surface area contributed by atoms with Gasteiger partial charge in [-0.15, -0.1) is 0 Å². The average Bonchev–Trinajstić information content (AvgIpc) is 2.76. The van der Waals surface area contributed by atoms with Crippen LogP contribution in [-0.4, -0.2) is 54.1 Å². The average molecular weight is 492 g/mol. The number of hydrogen-bond donors (Lipinski definition) is 2. The maximum atomic E-state index is 12.8. The first kappa shape index (κ1) is 28.9. The summed E-state index contributed by atoms with van der Waals surface area (Å²) in [6, 6.07) is 0. The summed E-state index contributed by atoms with van der Waals surface area (Å²) < 4.78 is 11.4. The van der Waals surface area contributed by atoms with Gasteiger partial charge in [-0.25, -0.2) is 0 Å². The maximum absolute atomic E-state index is 12.8. The summed E-state index contributed by atoms with van der Waals surface area (Å²) in [6.45, 7) is 5.64. The molecule has 0 aliphatic carbocycles. The summed E-state index contributed by atoms with van der Waals surface area (Å²) in [5.74, 6) is -1.83. The van der Waals surface area contributed by atoms with Crippen LogP contribution in [-0.2, 0) is 28.7 Å². The second-order valence-electron chi connectivity index (χ2n) is 10.1. The van der Waals surface area contributed by atoms with Gasteiger partial charge in [0.05, 0.1) is 12.2 Å². The molecule has 2 amide bonds. The summed E-state index contributed by atoms with van der Waals surface area (Å²) >= 11 is 0. The van der Waals surface area contributed by atoms with Gasteiger partial charge in [-0.1, -0.05) is 32.1 Å². The highest BCUT2D eigenvalue weighted by molar-refractivity contribution is 5.97. The predicted octanol–water partition coefficient (Wildman–Crippen LogP) is 3.42. The summed E-state index contributed by atoms with van der Waals surface area (Å²) in [7, 11) is 1.67. The van der Waals surface area contributed by atoms with Gasteiger partial charge in [0.25, 0.3) is 0 Å². The van der Waals surface area contributed by atoms with Gasteiger partial charge in [0.1, 0.15) is 11.9 Å². The van der Waals surface area contributed by atoms with Crippen LogP contribution in [0, 0.1) is 17.8 Å². The first-order valence-electron chi connectivity index (χ1n) is 12.7. The molecular formula is C27H41NO7. The Kier molecular flexibility index (Phi) is 11.8. The number of hydrogen-bond acceptors (Lipinski definition) is 7. The number of ether oxygens (including phenoxy) is 2. The maximum Gasteiger partial charge on any atom is 0.306 e. The molecule has 2 aliphatic heterocycles. The molecule has 0 saturated carbocycles. The van der Waals surface area contributed by atoms with Crippen LogP contribution in [0.4, 0.5) is 0 Å². The van der Waals surface area contributed by atoms with Gasteiger partial charge < -0.3 is 14.6 Å². The lowest BCUT2D eigenvalue weighted by Gasteiger charge is -2.28. The molecular weight excluding hydrogens is 450 g/mol. The van der Waals surface area contributed by atoms with Crippen molar-refractivity contribution in [3.8, 4) is 0 Å². The number of methoxy groups -OCH3 is 1. The largest absolute Gasteiger partial charge is 0.458 e. The molecule has 0 unspecified atom stereocenters. The van der Waals surface area contributed by atoms with Crippen molar-refractivity contribution in [1.82, 2.24) is 5.32 Å². The van der Waals surface area contributed by atoms with Crippen molar-refractivity contribution < 1.29 is 33.8 Å². The Labute approximate surface area is 208 Å². The van der Waals surface area contributed by atoms with Crippen molar-refractivity contribution in [1.29, 1.82) is 0 Å². The third-order valence-corrected chi connectivity index (χ3v) is 6.77. The highest BCUT2D eigenvalue weighted by atomic mass is 16.5. The van der Waals surface area contributed by atoms with E-state index in [1.165, 1.54) is 0 Å². The Morgan fingerprint density at radius 2 is 1.94 bits per heavy atom. The van der Waals surface area contributed by atoms with E-state index in [0.29, 0.717) is 12.8 Å². The van der Waals surface area contributed by atoms with E-state index in [1.807, 2.05) is 19.9 Å². The van der Waals surface area contributed by atoms with E-state index in [4.69, 9.17) is 9.47 Å². The van der Waals surface area contributed by atoms with Crippen LogP contribution in [0.25, 0.3) is 0 Å². The fourth-order valence-electron chi connectivity index (χ4n) is 4.87. The topological polar surface area (TPSA) is 119 Å². The van der Waals surface area contributed by atoms with Crippen molar-refractivity contribution in [3.63, 3.8) is 0 Å². The quantitative estimate of drug-likeness (QED) is 0.303. The second kappa shape index (κ2) is 14.3. The van der Waals surface area contributed by atoms with Gasteiger partial charge in [0, 0.05) is 38.7 Å². The summed E-state index contributed by atoms with van der Waals surface area (Å²) in [5, 5.41) is 12.7. The van der Waals surface area contributed by atoms with Crippen LogP contribution in [0.5, 0.6) is 0 Å². The summed E-state index contributed by atoms with van der Waals surface area (Å²) in [6.07, 6.45) is 8.61. The van der Waals surface area contributed by atoms with Crippen molar-refractivity contribution in [2.45, 2.75) is 96.9 Å². The van der Waals surface area contributed by atoms with E-state index in [1.54, 1.807) is 14.0 Å². The lowest BCUT2D eigenvalue weighted by Crippen LogP contribution is -2.39. The van der Waals surface area contributed by atoms with Crippen LogP contribution in [0.2, 0.25) is 0 Å². The van der Waals surface area contributed by atoms with E-state index >= 15 is 0 Å². The summed E-state index contributed by atoms with van der Waals surface area (Å²) in [5.41, 5.74) is 0.798. The minimum atomic E-state index is -0.922. The smallest absolute Gasteiger partial charge is 0.306 e. The molecule has 1 fully saturated rings. The molecule has 5 atom stereocenters. The zero-order valence-electron chi connectivity index (χ0n) is 21.5. The lowest BCUT2D eigenvalue weighted by atomic mass is 9.87. The summed E-state index contributed by atoms with van der Waals surface area (Å²) in [4.78, 5) is 48.4. The molecule has 0 aromatic rings. The number of carbonyl (C=O) groups excluding carboxylic acids is 4. The normalized spacial score (nSPS) is 28.2. The number of imide groups is 1. The van der Waals surface area contributed by atoms with E-state index in [9.17, 15) is 24.3 Å². The van der Waals surface area contributed by atoms with Crippen molar-refractivity contribution in [3.05, 3.63) is 23.8 Å². The first-order valence-corrected chi connectivity index (χ1v) is 12.7. The standard InChI is InChI=1S/C27H41NO7/c1-17(23(30)16-21(29)13-20-14-24(31)28-25(32)15-20)11-18(2)27-19(3)12-22(34-4)9-7-5-6-8-10-26(33)35-27/h7,9,11,17,19-22,27,29H,5-6,8,10,12-16H2,1-4H3,(H,28,31,32)/b9-7+,18-11+/t17-,19-,21+,22-,27-/m0/s1. The van der Waals surface area contributed by atoms with Crippen LogP contribution >= 0.6 is 0 Å². The van der Waals surface area contributed by atoms with Crippen LogP contribution in [0.1, 0.15) is 78.6 Å². The number of Topliss-reactive ketones (excluding diaryl/α,β-unsaturated/α-hetero) is 1. The Morgan fingerprint density at radius 1 is 1.26 bits per heavy atom. The van der Waals surface area contributed by atoms with E-state index < -0.39 is 18.1 Å². The number of esters is 1. The van der Waals surface area contributed by atoms with Gasteiger partial charge in [0.2, 0.25) is 11.8 Å². The Bertz CT molecular complexity index is 802. The van der Waals surface area contributed by atoms with E-state index in [-0.39, 0.29) is 67.2 Å². The minimum Gasteiger partial charge on any atom is -0.458 e. The molecule has 2 rings (SSSR count). The second-order valence-corrected chi connectivity index (χ2v) is 10.1. The lowest BCUT2D eigenvalue weighted by molar-refractivity contribution is -0.150. The van der Waals surface area contributed by atoms with E-state index in [2.05, 4.69) is 17.5 Å². The molecule has 0 aromatic carbocycles. The third kappa shape index (κ3) is 10.1. The number of ketones is 1. The number of nitrogens with one attached hydrogen (secondary N) is 1. The van der Waals surface area contributed by atoms with Crippen LogP contribution in [0.15, 0.2) is 23.8 Å². The molecule has 1 saturated heterocycles. The molecule has 2 N–H and O–H groups in total. The highest BCUT2D eigenvalue weighted by Gasteiger charge is 2.29. The van der Waals surface area contributed by atoms with Gasteiger partial charge in [-0.2, -0.15) is 0 Å². The fourth-order valence-corrected chi connectivity index (χ4v) is 4.87. The van der Waals surface area contributed by atoms with Gasteiger partial charge in [-0.3, -0.25) is 24.5 Å². The Hall–Kier alpha value is -2.32. The molecule has 0 bridgehead atoms. The third-order valence-electron chi connectivity index (χ3n) is 6.77. The number of allylic oxidation sites excluding steroid dienone is 2. The number of carbonyl (C=O) groups is 4. The Balaban J connectivity index is 2.03. The Morgan fingerprint density at radius 3 is 2.60 bits per heavy atom. The fraction of sp³-hybridized carbons (Fsp3) is 0.704. The van der Waals surface area contributed by atoms with Crippen molar-refractivity contribution in [2.75, 3.05) is 7.11 Å². The molecule has 0 aromatic heterocycles. The molecule has 8 heteroatoms. The number of amides is 2. The van der Waals surface area contributed by atoms with E-state index in [0.717, 1.165) is 24.8 Å². The monoisotopic (exact) mass is 491 g/mol. The molecule has 8 nitrogen and oxygen atoms in total. The minimum absolute atomic E-state index is 0.0212. The van der Waals surface area contributed by atoms with Gasteiger partial charge in [-0.05, 0) is 56.4 Å².